The average molecular weight is 963 g/mol. The summed E-state index contributed by atoms with van der Waals surface area (Å²) in [5.74, 6) is -6.42. The van der Waals surface area contributed by atoms with E-state index in [2.05, 4.69) is 44.8 Å². The van der Waals surface area contributed by atoms with Gasteiger partial charge in [-0.15, -0.1) is 0 Å². The molecule has 0 saturated carbocycles. The highest BCUT2D eigenvalue weighted by atomic mass is 32.1. The van der Waals surface area contributed by atoms with Crippen LogP contribution in [0.1, 0.15) is 38.5 Å². The molecule has 28 nitrogen and oxygen atoms in total. The lowest BCUT2D eigenvalue weighted by Gasteiger charge is -2.32. The summed E-state index contributed by atoms with van der Waals surface area (Å²) in [5.41, 5.74) is 0. The van der Waals surface area contributed by atoms with Gasteiger partial charge < -0.3 is 95.4 Å². The summed E-state index contributed by atoms with van der Waals surface area (Å²) in [6.07, 6.45) is -10.2. The molecule has 0 aromatic carbocycles. The lowest BCUT2D eigenvalue weighted by atomic mass is 10.1. The van der Waals surface area contributed by atoms with Gasteiger partial charge in [0.2, 0.25) is 0 Å². The van der Waals surface area contributed by atoms with Crippen LogP contribution in [-0.2, 0) is 37.1 Å². The summed E-state index contributed by atoms with van der Waals surface area (Å²) in [6.45, 7) is 1.96. The number of carbonyl (C=O) groups excluding carboxylic acids is 2. The Morgan fingerprint density at radius 3 is 1.29 bits per heavy atom. The van der Waals surface area contributed by atoms with Crippen LogP contribution in [-0.4, -0.2) is 263 Å². The molecule has 30 heteroatoms. The summed E-state index contributed by atoms with van der Waals surface area (Å²) >= 11 is 6.70. The Balaban J connectivity index is -0.000000864. The van der Waals surface area contributed by atoms with Crippen molar-refractivity contribution in [1.29, 1.82) is 0 Å². The van der Waals surface area contributed by atoms with Crippen LogP contribution in [0.3, 0.4) is 0 Å². The molecule has 16 N–H and O–H groups in total. The Morgan fingerprint density at radius 1 is 0.508 bits per heavy atom. The predicted octanol–water partition coefficient (Wildman–Crippen LogP) is -7.28. The Hall–Kier alpha value is -3.12. The number of rotatable bonds is 32. The van der Waals surface area contributed by atoms with Crippen molar-refractivity contribution in [3.05, 3.63) is 0 Å². The molecule has 0 radical (unpaired) electrons. The number of hydrogen-bond acceptors (Lipinski definition) is 26. The van der Waals surface area contributed by atoms with Gasteiger partial charge in [-0.3, -0.25) is 33.9 Å². The number of aliphatic carboxylic acids is 4. The van der Waals surface area contributed by atoms with Gasteiger partial charge in [0.15, 0.2) is 31.5 Å². The van der Waals surface area contributed by atoms with E-state index in [1.54, 1.807) is 11.9 Å². The fraction of sp³-hybridized carbons (Fsp3) is 0.818. The molecule has 5 atom stereocenters. The van der Waals surface area contributed by atoms with Gasteiger partial charge >= 0.3 is 35.8 Å². The third-order valence-corrected chi connectivity index (χ3v) is 9.09. The van der Waals surface area contributed by atoms with E-state index < -0.39 is 117 Å². The Kier molecular flexibility index (Phi) is 36.8. The van der Waals surface area contributed by atoms with Gasteiger partial charge in [0.05, 0.1) is 31.3 Å². The molecule has 0 heterocycles. The first-order valence-corrected chi connectivity index (χ1v) is 19.5. The Morgan fingerprint density at radius 2 is 0.905 bits per heavy atom. The smallest absolute Gasteiger partial charge is 0.335 e. The number of hydrogen-bond donors (Lipinski definition) is 18. The van der Waals surface area contributed by atoms with Gasteiger partial charge in [-0.05, 0) is 28.2 Å². The minimum atomic E-state index is -1.79. The molecular weight excluding hydrogens is 897 g/mol. The third kappa shape index (κ3) is 34.0. The molecule has 63 heavy (non-hydrogen) atoms. The number of thiol groups is 2. The summed E-state index contributed by atoms with van der Waals surface area (Å²) in [7, 11) is 6.30. The number of aliphatic hydroxyl groups is 10. The number of carboxylic acids is 4. The van der Waals surface area contributed by atoms with Crippen molar-refractivity contribution in [2.45, 2.75) is 100 Å². The van der Waals surface area contributed by atoms with Crippen molar-refractivity contribution in [2.75, 3.05) is 74.0 Å². The van der Waals surface area contributed by atoms with Gasteiger partial charge in [0.25, 0.3) is 0 Å². The largest absolute Gasteiger partial charge is 0.481 e. The van der Waals surface area contributed by atoms with Crippen LogP contribution in [0.2, 0.25) is 0 Å². The van der Waals surface area contributed by atoms with Crippen LogP contribution in [0.25, 0.3) is 0 Å². The molecule has 372 valence electrons. The van der Waals surface area contributed by atoms with E-state index >= 15 is 0 Å². The molecule has 0 aliphatic carbocycles. The topological polar surface area (TPSA) is 441 Å². The molecule has 0 aliphatic heterocycles. The second kappa shape index (κ2) is 36.1. The first-order chi connectivity index (χ1) is 29.1. The first kappa shape index (κ1) is 64.2. The molecule has 0 saturated heterocycles. The predicted molar refractivity (Wildman–Crippen MR) is 220 cm³/mol. The number of nitrogens with zero attached hydrogens (tertiary/aromatic N) is 4. The maximum atomic E-state index is 11.6. The lowest BCUT2D eigenvalue weighted by Crippen LogP contribution is -2.48. The molecule has 0 rings (SSSR count). The molecular formula is C33H66N6O22S2. The zero-order valence-corrected chi connectivity index (χ0v) is 37.0. The summed E-state index contributed by atoms with van der Waals surface area (Å²) in [6, 6.07) is -5.11. The first-order valence-electron chi connectivity index (χ1n) is 18.8. The highest BCUT2D eigenvalue weighted by molar-refractivity contribution is 7.75. The standard InChI is InChI=1S/C12H24N2O8S.C11H22N2O8S.C10H20N2O6/c1-13(7(11(19)20)5-9(15)16)3-4-14(2)8(6-10(17)18)12(21)22-23;1-13(7(10(18)19)5-9(16)17)3-2-12-6(4-8(14)15)11(20)21-22;1-12(4-2-8(13)14)5-3-11-7(10(17)18)6-9(15)16/h7-9,11,15-16,19-20,23H,3-6H2,1-2H3,(H,17,18);6-7,9-10,12,16-19,22H,2-5H2,1H3,(H,14,15);7-8,11,13-14H,2-6H2,1H3,(H,15,16)(H,17,18). The lowest BCUT2D eigenvalue weighted by molar-refractivity contribution is -0.147. The fourth-order valence-corrected chi connectivity index (χ4v) is 5.38. The van der Waals surface area contributed by atoms with E-state index in [0.29, 0.717) is 19.6 Å². The summed E-state index contributed by atoms with van der Waals surface area (Å²) in [4.78, 5) is 71.6. The maximum absolute atomic E-state index is 11.6. The van der Waals surface area contributed by atoms with Crippen molar-refractivity contribution in [2.24, 2.45) is 0 Å². The zero-order valence-electron chi connectivity index (χ0n) is 35.2. The van der Waals surface area contributed by atoms with E-state index in [9.17, 15) is 49.2 Å². The summed E-state index contributed by atoms with van der Waals surface area (Å²) < 4.78 is 8.45. The van der Waals surface area contributed by atoms with Gasteiger partial charge in [-0.25, -0.2) is 9.59 Å². The molecule has 0 spiro atoms. The van der Waals surface area contributed by atoms with Crippen molar-refractivity contribution in [3.8, 4) is 0 Å². The maximum Gasteiger partial charge on any atom is 0.335 e. The van der Waals surface area contributed by atoms with Crippen LogP contribution in [0, 0.1) is 0 Å². The zero-order chi connectivity index (χ0) is 49.6. The quantitative estimate of drug-likeness (QED) is 0.0169. The van der Waals surface area contributed by atoms with Gasteiger partial charge in [-0.1, -0.05) is 0 Å². The monoisotopic (exact) mass is 962 g/mol. The van der Waals surface area contributed by atoms with Crippen LogP contribution in [0.5, 0.6) is 0 Å². The molecule has 0 aromatic rings. The molecule has 5 unspecified atom stereocenters. The van der Waals surface area contributed by atoms with Crippen LogP contribution in [0.15, 0.2) is 0 Å². The molecule has 0 aliphatic rings. The number of carbonyl (C=O) groups is 6. The molecule has 0 fully saturated rings. The van der Waals surface area contributed by atoms with Crippen LogP contribution in [0.4, 0.5) is 0 Å². The minimum absolute atomic E-state index is 0.127. The highest BCUT2D eigenvalue weighted by Gasteiger charge is 2.30. The SMILES string of the molecule is CN(CCN(C)C(CC(O)O)C(O)O)C(CC(=O)O)C(=O)OS.CN(CCNC(CC(=O)O)C(=O)O)CCC(O)O.CN(CCNC(CC(=O)O)C(=O)OS)C(CC(O)O)C(O)O. The highest BCUT2D eigenvalue weighted by Crippen LogP contribution is 2.11. The third-order valence-electron chi connectivity index (χ3n) is 8.73. The molecule has 0 aromatic heterocycles. The minimum Gasteiger partial charge on any atom is -0.481 e. The number of likely N-dealkylation sites (N-methyl/N-ethyl adjacent to an activating group) is 4. The second-order valence-corrected chi connectivity index (χ2v) is 14.3. The number of nitrogens with one attached hydrogen (secondary N) is 2. The second-order valence-electron chi connectivity index (χ2n) is 13.9. The summed E-state index contributed by atoms with van der Waals surface area (Å²) in [5, 5.41) is 130. The van der Waals surface area contributed by atoms with Crippen molar-refractivity contribution in [3.63, 3.8) is 0 Å². The van der Waals surface area contributed by atoms with Crippen molar-refractivity contribution < 1.29 is 109 Å². The van der Waals surface area contributed by atoms with Gasteiger partial charge in [0.1, 0.15) is 18.1 Å². The van der Waals surface area contributed by atoms with E-state index in [1.807, 2.05) is 0 Å². The van der Waals surface area contributed by atoms with Crippen LogP contribution < -0.4 is 10.6 Å². The van der Waals surface area contributed by atoms with Crippen LogP contribution >= 0.6 is 25.8 Å². The average Bonchev–Trinajstić information content (AvgIpc) is 3.17. The van der Waals surface area contributed by atoms with Gasteiger partial charge in [-0.2, -0.15) is 0 Å². The normalized spacial score (nSPS) is 14.0. The van der Waals surface area contributed by atoms with E-state index in [4.69, 9.17) is 51.1 Å². The molecule has 0 amide bonds. The van der Waals surface area contributed by atoms with Crippen molar-refractivity contribution in [1.82, 2.24) is 30.2 Å². The molecule has 0 bridgehead atoms. The fourth-order valence-electron chi connectivity index (χ4n) is 5.13. The Bertz CT molecular complexity index is 1310. The van der Waals surface area contributed by atoms with E-state index in [-0.39, 0.29) is 45.4 Å². The Labute approximate surface area is 374 Å². The van der Waals surface area contributed by atoms with Gasteiger partial charge in [0, 0.05) is 90.9 Å². The van der Waals surface area contributed by atoms with E-state index in [0.717, 1.165) is 0 Å². The van der Waals surface area contributed by atoms with E-state index in [1.165, 1.54) is 35.8 Å². The number of carboxylic acid groups (broad SMARTS) is 4. The van der Waals surface area contributed by atoms with Crippen molar-refractivity contribution >= 4 is 61.6 Å². The number of aliphatic hydroxyl groups excluding tert-OH is 5.